The number of nitrogens with two attached hydrogens (primary N) is 1. The van der Waals surface area contributed by atoms with Crippen LogP contribution in [0.4, 0.5) is 0 Å². The smallest absolute Gasteiger partial charge is 0.307 e. The van der Waals surface area contributed by atoms with Crippen molar-refractivity contribution in [1.29, 1.82) is 5.41 Å². The molecule has 1 saturated carbocycles. The van der Waals surface area contributed by atoms with E-state index in [9.17, 15) is 14.4 Å². The number of hydrogen-bond acceptors (Lipinski definition) is 6. The normalized spacial score (nSPS) is 25.3. The molecule has 3 heterocycles. The highest BCUT2D eigenvalue weighted by Crippen LogP contribution is 2.34. The molecule has 1 aromatic carbocycles. The minimum Gasteiger partial charge on any atom is -0.356 e. The predicted octanol–water partition coefficient (Wildman–Crippen LogP) is 1.91. The second kappa shape index (κ2) is 11.8. The topological polar surface area (TPSA) is 143 Å². The van der Waals surface area contributed by atoms with Gasteiger partial charge in [-0.25, -0.2) is 4.68 Å². The van der Waals surface area contributed by atoms with Crippen LogP contribution in [0.3, 0.4) is 0 Å². The summed E-state index contributed by atoms with van der Waals surface area (Å²) in [4.78, 5) is 39.1. The second-order valence-electron chi connectivity index (χ2n) is 10.1. The number of carbonyl (C=O) groups is 3. The van der Waals surface area contributed by atoms with Gasteiger partial charge in [0.1, 0.15) is 5.70 Å². The summed E-state index contributed by atoms with van der Waals surface area (Å²) in [6.45, 7) is 1.91. The Labute approximate surface area is 221 Å². The van der Waals surface area contributed by atoms with Gasteiger partial charge in [-0.15, -0.1) is 0 Å². The van der Waals surface area contributed by atoms with Gasteiger partial charge in [0.05, 0.1) is 18.8 Å². The first kappa shape index (κ1) is 26.0. The number of ether oxygens (including phenoxy) is 1. The number of aromatic nitrogens is 2. The molecule has 38 heavy (non-hydrogen) atoms. The van der Waals surface area contributed by atoms with Crippen molar-refractivity contribution in [1.82, 2.24) is 20.4 Å². The van der Waals surface area contributed by atoms with Crippen molar-refractivity contribution in [2.24, 2.45) is 11.8 Å². The Morgan fingerprint density at radius 2 is 1.84 bits per heavy atom. The molecular formula is C28H35N6O4+. The number of carbonyl (C=O) groups excluding carboxylic acids is 3. The molecule has 5 rings (SSSR count). The lowest BCUT2D eigenvalue weighted by molar-refractivity contribution is -0.603. The Hall–Kier alpha value is -3.63. The SMILES string of the molecule is N=CC(NC(=O)C1CCCCC1C(=O)c1ccc(-c2ccnn2C2CCCCO2)cc1)=C1[NH2+]CCNC1=O. The fourth-order valence-corrected chi connectivity index (χ4v) is 5.70. The van der Waals surface area contributed by atoms with E-state index in [0.29, 0.717) is 37.2 Å². The Balaban J connectivity index is 1.31. The highest BCUT2D eigenvalue weighted by Gasteiger charge is 2.37. The molecule has 5 N–H and O–H groups in total. The van der Waals surface area contributed by atoms with Gasteiger partial charge in [-0.05, 0) is 43.7 Å². The average molecular weight is 520 g/mol. The van der Waals surface area contributed by atoms with E-state index in [0.717, 1.165) is 56.2 Å². The van der Waals surface area contributed by atoms with Crippen LogP contribution in [0.1, 0.15) is 61.5 Å². The van der Waals surface area contributed by atoms with Crippen LogP contribution < -0.4 is 16.0 Å². The van der Waals surface area contributed by atoms with Crippen LogP contribution >= 0.6 is 0 Å². The largest absolute Gasteiger partial charge is 0.356 e. The summed E-state index contributed by atoms with van der Waals surface area (Å²) in [5.74, 6) is -1.62. The van der Waals surface area contributed by atoms with Gasteiger partial charge in [0.25, 0.3) is 0 Å². The summed E-state index contributed by atoms with van der Waals surface area (Å²) in [5, 5.41) is 19.5. The van der Waals surface area contributed by atoms with Crippen LogP contribution in [0.25, 0.3) is 11.3 Å². The number of quaternary nitrogens is 1. The van der Waals surface area contributed by atoms with Gasteiger partial charge in [0.2, 0.25) is 11.6 Å². The van der Waals surface area contributed by atoms with Crippen molar-refractivity contribution < 1.29 is 24.4 Å². The Morgan fingerprint density at radius 3 is 2.55 bits per heavy atom. The maximum absolute atomic E-state index is 13.6. The number of rotatable bonds is 7. The van der Waals surface area contributed by atoms with Gasteiger partial charge in [-0.1, -0.05) is 37.1 Å². The molecule has 3 fully saturated rings. The fourth-order valence-electron chi connectivity index (χ4n) is 5.70. The third-order valence-corrected chi connectivity index (χ3v) is 7.72. The molecular weight excluding hydrogens is 484 g/mol. The quantitative estimate of drug-likeness (QED) is 0.251. The van der Waals surface area contributed by atoms with Gasteiger partial charge in [0.15, 0.2) is 12.0 Å². The fraction of sp³-hybridized carbons (Fsp3) is 0.464. The van der Waals surface area contributed by atoms with Gasteiger partial charge >= 0.3 is 5.91 Å². The van der Waals surface area contributed by atoms with Crippen molar-refractivity contribution in [2.45, 2.75) is 51.2 Å². The van der Waals surface area contributed by atoms with E-state index in [1.807, 2.05) is 35.0 Å². The van der Waals surface area contributed by atoms with E-state index in [-0.39, 0.29) is 29.5 Å². The van der Waals surface area contributed by atoms with Crippen LogP contribution in [0.15, 0.2) is 47.9 Å². The van der Waals surface area contributed by atoms with E-state index in [1.54, 1.807) is 11.5 Å². The summed E-state index contributed by atoms with van der Waals surface area (Å²) in [6.07, 6.45) is 8.76. The molecule has 3 atom stereocenters. The molecule has 3 unspecified atom stereocenters. The van der Waals surface area contributed by atoms with E-state index in [4.69, 9.17) is 10.1 Å². The maximum atomic E-state index is 13.6. The van der Waals surface area contributed by atoms with E-state index >= 15 is 0 Å². The number of piperazine rings is 1. The molecule has 10 heteroatoms. The molecule has 0 radical (unpaired) electrons. The zero-order valence-corrected chi connectivity index (χ0v) is 21.4. The van der Waals surface area contributed by atoms with Crippen molar-refractivity contribution in [3.05, 3.63) is 53.5 Å². The third-order valence-electron chi connectivity index (χ3n) is 7.72. The summed E-state index contributed by atoms with van der Waals surface area (Å²) in [6, 6.07) is 9.46. The number of ketones is 1. The number of Topliss-reactive ketones (excluding diaryl/α,β-unsaturated/α-hetero) is 1. The molecule has 10 nitrogen and oxygen atoms in total. The lowest BCUT2D eigenvalue weighted by Gasteiger charge is -2.30. The molecule has 2 aromatic rings. The zero-order chi connectivity index (χ0) is 26.5. The molecule has 1 aliphatic carbocycles. The molecule has 200 valence electrons. The zero-order valence-electron chi connectivity index (χ0n) is 21.4. The Morgan fingerprint density at radius 1 is 1.08 bits per heavy atom. The molecule has 2 amide bonds. The highest BCUT2D eigenvalue weighted by atomic mass is 16.5. The number of benzene rings is 1. The first-order valence-corrected chi connectivity index (χ1v) is 13.5. The lowest BCUT2D eigenvalue weighted by Crippen LogP contribution is -2.89. The van der Waals surface area contributed by atoms with Crippen molar-refractivity contribution >= 4 is 23.8 Å². The van der Waals surface area contributed by atoms with Crippen LogP contribution in [0.2, 0.25) is 0 Å². The van der Waals surface area contributed by atoms with E-state index in [2.05, 4.69) is 15.7 Å². The number of amides is 2. The molecule has 2 aliphatic heterocycles. The summed E-state index contributed by atoms with van der Waals surface area (Å²) in [5.41, 5.74) is 2.94. The summed E-state index contributed by atoms with van der Waals surface area (Å²) < 4.78 is 7.82. The van der Waals surface area contributed by atoms with Crippen LogP contribution in [0, 0.1) is 17.2 Å². The number of nitrogens with zero attached hydrogens (tertiary/aromatic N) is 2. The third kappa shape index (κ3) is 5.46. The summed E-state index contributed by atoms with van der Waals surface area (Å²) in [7, 11) is 0. The van der Waals surface area contributed by atoms with Crippen LogP contribution in [0.5, 0.6) is 0 Å². The van der Waals surface area contributed by atoms with Crippen LogP contribution in [-0.4, -0.2) is 53.3 Å². The van der Waals surface area contributed by atoms with Gasteiger partial charge < -0.3 is 26.1 Å². The van der Waals surface area contributed by atoms with Gasteiger partial charge in [0, 0.05) is 36.4 Å². The van der Waals surface area contributed by atoms with E-state index < -0.39 is 11.8 Å². The minimum atomic E-state index is -0.511. The maximum Gasteiger partial charge on any atom is 0.307 e. The molecule has 0 bridgehead atoms. The van der Waals surface area contributed by atoms with Gasteiger partial charge in [-0.2, -0.15) is 5.10 Å². The lowest BCUT2D eigenvalue weighted by atomic mass is 9.75. The number of hydrogen-bond donors (Lipinski definition) is 4. The monoisotopic (exact) mass is 519 g/mol. The predicted molar refractivity (Wildman–Crippen MR) is 140 cm³/mol. The molecule has 0 spiro atoms. The van der Waals surface area contributed by atoms with E-state index in [1.165, 1.54) is 0 Å². The molecule has 2 saturated heterocycles. The first-order chi connectivity index (χ1) is 18.6. The van der Waals surface area contributed by atoms with Gasteiger partial charge in [-0.3, -0.25) is 14.4 Å². The van der Waals surface area contributed by atoms with Crippen LogP contribution in [-0.2, 0) is 14.3 Å². The Bertz CT molecular complexity index is 1230. The first-order valence-electron chi connectivity index (χ1n) is 13.5. The van der Waals surface area contributed by atoms with Crippen molar-refractivity contribution in [2.75, 3.05) is 19.7 Å². The average Bonchev–Trinajstić information content (AvgIpc) is 3.46. The highest BCUT2D eigenvalue weighted by molar-refractivity contribution is 6.03. The number of nitrogens with one attached hydrogen (secondary N) is 3. The minimum absolute atomic E-state index is 0.0495. The molecule has 1 aromatic heterocycles. The molecule has 3 aliphatic rings. The van der Waals surface area contributed by atoms with Crippen molar-refractivity contribution in [3.8, 4) is 11.3 Å². The second-order valence-corrected chi connectivity index (χ2v) is 10.1. The Kier molecular flexibility index (Phi) is 8.09. The summed E-state index contributed by atoms with van der Waals surface area (Å²) >= 11 is 0. The standard InChI is InChI=1S/C28H34N6O4/c29-17-22(25-28(37)31-15-14-30-25)33-27(36)21-6-2-1-5-20(21)26(35)19-10-8-18(9-11-19)23-12-13-32-34(23)24-7-3-4-16-38-24/h8-13,17,20-21,24,29-30H,1-7,14-16H2,(H,31,37)(H,33,36)/p+1. The van der Waals surface area contributed by atoms with Crippen molar-refractivity contribution in [3.63, 3.8) is 0 Å². The number of allylic oxidation sites excluding steroid dienone is 1.